The number of amides is 12. The van der Waals surface area contributed by atoms with Gasteiger partial charge in [0.05, 0.1) is 57.7 Å². The SMILES string of the molecule is CCO[C@@H]1C[C@H]2C(=O)NC3(CCCC3)C(=O)N(C)[C@@H](C3CCCCC3)C(=O)N(C)[C@H](C(=O)N3CCOCC3)CC(=O)N(C)[C@@H](CC(F)(F)F)C(=O)N[C@@H]([C@@H](C)CC)C(=O)N(C)CC(=O)N(C)CC(=O)N(C)[C@@H](CC3CCC(C(F)(F)F)CC3)C(=O)N(C)CC(=O)N[C@@H](CCC3CC(F)C(C(F)(F)F)C(F)C3)C(=O)N2C1. The molecule has 4 aliphatic carbocycles. The van der Waals surface area contributed by atoms with Gasteiger partial charge in [0.1, 0.15) is 66.1 Å². The Morgan fingerprint density at radius 2 is 1.18 bits per heavy atom. The second-order valence-electron chi connectivity index (χ2n) is 31.5. The van der Waals surface area contributed by atoms with Crippen molar-refractivity contribution in [3.05, 3.63) is 0 Å². The molecule has 11 atom stereocenters. The van der Waals surface area contributed by atoms with Crippen LogP contribution in [0.2, 0.25) is 0 Å². The van der Waals surface area contributed by atoms with Gasteiger partial charge in [0, 0.05) is 82.0 Å². The second kappa shape index (κ2) is 38.5. The third-order valence-corrected chi connectivity index (χ3v) is 23.8. The van der Waals surface area contributed by atoms with Gasteiger partial charge < -0.3 is 69.5 Å². The van der Waals surface area contributed by atoms with Gasteiger partial charge in [-0.3, -0.25) is 57.5 Å². The van der Waals surface area contributed by atoms with E-state index >= 15 is 28.0 Å². The van der Waals surface area contributed by atoms with Gasteiger partial charge in [0.25, 0.3) is 0 Å². The van der Waals surface area contributed by atoms with Gasteiger partial charge in [0.2, 0.25) is 70.9 Å². The lowest BCUT2D eigenvalue weighted by molar-refractivity contribution is -0.219. The number of fused-ring (bicyclic) bond motifs is 1. The van der Waals surface area contributed by atoms with Gasteiger partial charge in [-0.05, 0) is 114 Å². The zero-order valence-electron chi connectivity index (χ0n) is 64.6. The molecule has 3 saturated heterocycles. The van der Waals surface area contributed by atoms with Crippen LogP contribution in [0.25, 0.3) is 0 Å². The van der Waals surface area contributed by atoms with Crippen LogP contribution in [0.3, 0.4) is 0 Å². The van der Waals surface area contributed by atoms with Crippen molar-refractivity contribution in [1.29, 1.82) is 0 Å². The summed E-state index contributed by atoms with van der Waals surface area (Å²) in [5, 5.41) is 7.85. The quantitative estimate of drug-likeness (QED) is 0.197. The van der Waals surface area contributed by atoms with E-state index < -0.39 is 243 Å². The molecule has 3 aliphatic heterocycles. The van der Waals surface area contributed by atoms with Gasteiger partial charge in [-0.2, -0.15) is 39.5 Å². The molecule has 4 saturated carbocycles. The molecule has 1 spiro atoms. The third-order valence-electron chi connectivity index (χ3n) is 23.8. The summed E-state index contributed by atoms with van der Waals surface area (Å²) in [4.78, 5) is 188. The highest BCUT2D eigenvalue weighted by molar-refractivity contribution is 6.01. The first-order valence-corrected chi connectivity index (χ1v) is 38.4. The van der Waals surface area contributed by atoms with Gasteiger partial charge in [-0.15, -0.1) is 0 Å². The molecule has 7 rings (SSSR count). The number of rotatable bonds is 12. The zero-order valence-corrected chi connectivity index (χ0v) is 64.6. The Hall–Kier alpha value is -7.21. The molecule has 3 N–H and O–H groups in total. The number of carbonyl (C=O) groups excluding carboxylic acids is 12. The number of halogens is 11. The normalized spacial score (nSPS) is 31.3. The number of alkyl halides is 11. The highest BCUT2D eigenvalue weighted by atomic mass is 19.4. The largest absolute Gasteiger partial charge is 0.397 e. The van der Waals surface area contributed by atoms with E-state index in [1.54, 1.807) is 13.8 Å². The van der Waals surface area contributed by atoms with Crippen LogP contribution in [-0.4, -0.2) is 308 Å². The topological polar surface area (TPSA) is 289 Å². The number of carbonyl (C=O) groups is 12. The fourth-order valence-electron chi connectivity index (χ4n) is 16.9. The molecule has 110 heavy (non-hydrogen) atoms. The maximum Gasteiger partial charge on any atom is 0.397 e. The Balaban J connectivity index is 1.32. The monoisotopic (exact) mass is 1590 g/mol. The minimum atomic E-state index is -5.24. The van der Waals surface area contributed by atoms with E-state index in [0.29, 0.717) is 43.4 Å². The molecular weight excluding hydrogens is 1480 g/mol. The molecule has 0 radical (unpaired) electrons. The van der Waals surface area contributed by atoms with Crippen molar-refractivity contribution in [3.8, 4) is 0 Å². The van der Waals surface area contributed by atoms with Gasteiger partial charge in [-0.25, -0.2) is 8.78 Å². The summed E-state index contributed by atoms with van der Waals surface area (Å²) in [5.41, 5.74) is -1.82. The average molecular weight is 1590 g/mol. The predicted octanol–water partition coefficient (Wildman–Crippen LogP) is 5.72. The Labute approximate surface area is 634 Å². The van der Waals surface area contributed by atoms with E-state index in [-0.39, 0.29) is 104 Å². The maximum absolute atomic E-state index is 15.8. The summed E-state index contributed by atoms with van der Waals surface area (Å²) >= 11 is 0. The third kappa shape index (κ3) is 22.8. The molecule has 37 heteroatoms. The van der Waals surface area contributed by atoms with Gasteiger partial charge >= 0.3 is 18.5 Å². The van der Waals surface area contributed by atoms with Crippen LogP contribution >= 0.6 is 0 Å². The van der Waals surface area contributed by atoms with Crippen LogP contribution in [0.1, 0.15) is 162 Å². The van der Waals surface area contributed by atoms with Crippen LogP contribution < -0.4 is 16.0 Å². The minimum absolute atomic E-state index is 0.0179. The van der Waals surface area contributed by atoms with Crippen molar-refractivity contribution in [2.45, 2.75) is 247 Å². The molecule has 7 fully saturated rings. The first-order chi connectivity index (χ1) is 51.4. The lowest BCUT2D eigenvalue weighted by atomic mass is 9.76. The fraction of sp³-hybridized carbons (Fsp3) is 0.836. The van der Waals surface area contributed by atoms with Crippen LogP contribution in [0.5, 0.6) is 0 Å². The summed E-state index contributed by atoms with van der Waals surface area (Å²) in [6.45, 7) is 1.73. The maximum atomic E-state index is 15.8. The molecule has 26 nitrogen and oxygen atoms in total. The van der Waals surface area contributed by atoms with E-state index in [9.17, 15) is 77.9 Å². The standard InChI is InChI=1S/C73H111F11N12O14/c1-11-42(3)60-67(106)90(6)40-57(99)88(4)41-58(100)91(7)52(34-43-20-23-46(24-21-43)72(79,80)81)65(104)89(5)39-55(97)85-50(25-22-44-32-48(74)59(49(75)33-44)73(82,83)84)64(103)96-38-47(110-12-2)35-51(96)63(102)87-70(26-16-17-27-70)69(108)94(10)61(45-18-14-13-15-19-45)68(107)93(9)53(66(105)95-28-30-109-31-29-95)36-56(98)92(8)54(62(101)86-60)37-71(76,77)78/h42-54,59-61H,11-41H2,1-10H3,(H,85,97)(H,86,101)(H,87,102)/t42-,43?,44?,46?,47+,48?,49?,50-,51-,52-,53-,54-,59?,60-,61-/m0/s1. The van der Waals surface area contributed by atoms with E-state index in [4.69, 9.17) is 9.47 Å². The molecule has 2 unspecified atom stereocenters. The number of hydrogen-bond acceptors (Lipinski definition) is 14. The summed E-state index contributed by atoms with van der Waals surface area (Å²) < 4.78 is 171. The summed E-state index contributed by atoms with van der Waals surface area (Å²) in [6.07, 6.45) is -24.7. The van der Waals surface area contributed by atoms with E-state index in [1.807, 2.05) is 0 Å². The first kappa shape index (κ1) is 90.0. The van der Waals surface area contributed by atoms with Crippen molar-refractivity contribution in [2.24, 2.45) is 35.5 Å². The Kier molecular flexibility index (Phi) is 31.5. The second-order valence-corrected chi connectivity index (χ2v) is 31.5. The molecule has 12 amide bonds. The zero-order chi connectivity index (χ0) is 81.8. The Morgan fingerprint density at radius 3 is 1.75 bits per heavy atom. The molecule has 624 valence electrons. The highest BCUT2D eigenvalue weighted by Crippen LogP contribution is 2.46. The highest BCUT2D eigenvalue weighted by Gasteiger charge is 2.56. The van der Waals surface area contributed by atoms with Gasteiger partial charge in [0.15, 0.2) is 0 Å². The van der Waals surface area contributed by atoms with Crippen molar-refractivity contribution < 1.29 is 115 Å². The number of ether oxygens (including phenoxy) is 2. The smallest absolute Gasteiger partial charge is 0.378 e. The van der Waals surface area contributed by atoms with Crippen molar-refractivity contribution >= 4 is 70.9 Å². The number of nitrogens with one attached hydrogen (secondary N) is 3. The predicted molar refractivity (Wildman–Crippen MR) is 374 cm³/mol. The van der Waals surface area contributed by atoms with Crippen molar-refractivity contribution in [1.82, 2.24) is 60.0 Å². The molecular formula is C73H111F11N12O14. The number of nitrogens with zero attached hydrogens (tertiary/aromatic N) is 9. The molecule has 0 bridgehead atoms. The summed E-state index contributed by atoms with van der Waals surface area (Å²) in [5.74, 6) is -20.0. The van der Waals surface area contributed by atoms with Crippen LogP contribution in [0.4, 0.5) is 48.3 Å². The van der Waals surface area contributed by atoms with E-state index in [2.05, 4.69) is 16.0 Å². The van der Waals surface area contributed by atoms with Gasteiger partial charge in [-0.1, -0.05) is 52.4 Å². The Bertz CT molecular complexity index is 3230. The molecule has 0 aromatic heterocycles. The first-order valence-electron chi connectivity index (χ1n) is 38.4. The van der Waals surface area contributed by atoms with Crippen molar-refractivity contribution in [2.75, 3.05) is 108 Å². The average Bonchev–Trinajstić information content (AvgIpc) is 1.52. The van der Waals surface area contributed by atoms with E-state index in [1.165, 1.54) is 30.8 Å². The Morgan fingerprint density at radius 1 is 0.600 bits per heavy atom. The molecule has 7 aliphatic rings. The molecule has 0 aromatic rings. The lowest BCUT2D eigenvalue weighted by Gasteiger charge is -2.43. The summed E-state index contributed by atoms with van der Waals surface area (Å²) in [6, 6.07) is -12.2. The minimum Gasteiger partial charge on any atom is -0.378 e. The molecule has 3 heterocycles. The van der Waals surface area contributed by atoms with Crippen LogP contribution in [0.15, 0.2) is 0 Å². The van der Waals surface area contributed by atoms with E-state index in [0.717, 1.165) is 71.1 Å². The summed E-state index contributed by atoms with van der Waals surface area (Å²) in [7, 11) is 7.99. The molecule has 0 aromatic carbocycles. The van der Waals surface area contributed by atoms with Crippen LogP contribution in [0, 0.1) is 35.5 Å². The fourth-order valence-corrected chi connectivity index (χ4v) is 16.9. The number of likely N-dealkylation sites (N-methyl/N-ethyl adjacent to an activating group) is 7. The number of hydrogen-bond donors (Lipinski definition) is 3. The number of morpholine rings is 1. The van der Waals surface area contributed by atoms with Crippen LogP contribution in [-0.2, 0) is 67.0 Å². The van der Waals surface area contributed by atoms with Crippen molar-refractivity contribution in [3.63, 3.8) is 0 Å². The lowest BCUT2D eigenvalue weighted by Crippen LogP contribution is -2.65.